The minimum atomic E-state index is -5.21. The minimum Gasteiger partial charge on any atom is -0.497 e. The van der Waals surface area contributed by atoms with E-state index in [2.05, 4.69) is 0 Å². The lowest BCUT2D eigenvalue weighted by molar-refractivity contribution is -0.279. The van der Waals surface area contributed by atoms with Crippen LogP contribution in [0.5, 0.6) is 17.2 Å². The molecular formula is C32H36F3NO9. The standard InChI is InChI=1S/C32H36F3NO9/c1-39-23-10-4-20(5-11-23)16-42-19-26-28(43-17-21-6-12-24(40-2)13-7-21)29(44-18-22-8-14-25(41-3)15-9-22)27(30(37)45-26)36-31(38)32(33,34)35/h4-15,26-30,37H,16-19H2,1-3H3,(H,36,38)/t26?,27?,28-,29-,30?/m1/s1. The van der Waals surface area contributed by atoms with Crippen molar-refractivity contribution in [1.82, 2.24) is 5.32 Å². The predicted molar refractivity (Wildman–Crippen MR) is 155 cm³/mol. The van der Waals surface area contributed by atoms with Crippen LogP contribution in [-0.4, -0.2) is 75.8 Å². The number of hydrogen-bond donors (Lipinski definition) is 2. The van der Waals surface area contributed by atoms with Crippen LogP contribution in [0.15, 0.2) is 72.8 Å². The Morgan fingerprint density at radius 1 is 0.733 bits per heavy atom. The number of carbonyl (C=O) groups excluding carboxylic acids is 1. The fraction of sp³-hybridized carbons (Fsp3) is 0.406. The van der Waals surface area contributed by atoms with Crippen molar-refractivity contribution in [2.75, 3.05) is 27.9 Å². The van der Waals surface area contributed by atoms with Crippen molar-refractivity contribution in [2.24, 2.45) is 0 Å². The molecular weight excluding hydrogens is 599 g/mol. The molecule has 1 aliphatic rings. The molecule has 244 valence electrons. The maximum absolute atomic E-state index is 13.3. The summed E-state index contributed by atoms with van der Waals surface area (Å²) in [7, 11) is 4.61. The van der Waals surface area contributed by atoms with Gasteiger partial charge in [-0.1, -0.05) is 36.4 Å². The lowest BCUT2D eigenvalue weighted by Gasteiger charge is -2.45. The first-order valence-corrected chi connectivity index (χ1v) is 14.0. The summed E-state index contributed by atoms with van der Waals surface area (Å²) in [5, 5.41) is 12.7. The monoisotopic (exact) mass is 635 g/mol. The van der Waals surface area contributed by atoms with Gasteiger partial charge in [-0.05, 0) is 53.1 Å². The van der Waals surface area contributed by atoms with Crippen LogP contribution in [0.25, 0.3) is 0 Å². The number of alkyl halides is 3. The number of ether oxygens (including phenoxy) is 7. The largest absolute Gasteiger partial charge is 0.497 e. The van der Waals surface area contributed by atoms with Gasteiger partial charge in [0.2, 0.25) is 0 Å². The normalized spacial score (nSPS) is 21.6. The third-order valence-corrected chi connectivity index (χ3v) is 7.13. The molecule has 0 bridgehead atoms. The Morgan fingerprint density at radius 2 is 1.16 bits per heavy atom. The Balaban J connectivity index is 1.58. The summed E-state index contributed by atoms with van der Waals surface area (Å²) in [5.74, 6) is -0.349. The Bertz CT molecular complexity index is 1340. The summed E-state index contributed by atoms with van der Waals surface area (Å²) >= 11 is 0. The lowest BCUT2D eigenvalue weighted by atomic mass is 9.96. The maximum atomic E-state index is 13.3. The van der Waals surface area contributed by atoms with Crippen LogP contribution in [0.4, 0.5) is 13.2 Å². The fourth-order valence-corrected chi connectivity index (χ4v) is 4.68. The molecule has 1 fully saturated rings. The maximum Gasteiger partial charge on any atom is 0.471 e. The number of rotatable bonds is 14. The highest BCUT2D eigenvalue weighted by molar-refractivity contribution is 5.82. The minimum absolute atomic E-state index is 0.00539. The van der Waals surface area contributed by atoms with Gasteiger partial charge in [-0.2, -0.15) is 13.2 Å². The number of hydrogen-bond acceptors (Lipinski definition) is 9. The number of halogens is 3. The van der Waals surface area contributed by atoms with Crippen molar-refractivity contribution in [3.8, 4) is 17.2 Å². The molecule has 0 aliphatic carbocycles. The van der Waals surface area contributed by atoms with Crippen LogP contribution >= 0.6 is 0 Å². The zero-order chi connectivity index (χ0) is 32.4. The number of nitrogens with one attached hydrogen (secondary N) is 1. The van der Waals surface area contributed by atoms with Crippen molar-refractivity contribution >= 4 is 5.91 Å². The number of aliphatic hydroxyl groups is 1. The van der Waals surface area contributed by atoms with Crippen molar-refractivity contribution in [3.05, 3.63) is 89.5 Å². The number of aliphatic hydroxyl groups excluding tert-OH is 1. The van der Waals surface area contributed by atoms with Gasteiger partial charge in [0.1, 0.15) is 41.6 Å². The van der Waals surface area contributed by atoms with E-state index in [1.807, 2.05) is 17.4 Å². The molecule has 10 nitrogen and oxygen atoms in total. The molecule has 0 saturated carbocycles. The van der Waals surface area contributed by atoms with Crippen LogP contribution in [-0.2, 0) is 43.6 Å². The van der Waals surface area contributed by atoms with Crippen molar-refractivity contribution in [3.63, 3.8) is 0 Å². The average molecular weight is 636 g/mol. The summed E-state index contributed by atoms with van der Waals surface area (Å²) < 4.78 is 79.4. The van der Waals surface area contributed by atoms with Gasteiger partial charge in [0.05, 0.1) is 47.8 Å². The van der Waals surface area contributed by atoms with Crippen molar-refractivity contribution in [1.29, 1.82) is 0 Å². The summed E-state index contributed by atoms with van der Waals surface area (Å²) in [4.78, 5) is 12.0. The number of carbonyl (C=O) groups is 1. The summed E-state index contributed by atoms with van der Waals surface area (Å²) in [6, 6.07) is 19.4. The topological polar surface area (TPSA) is 114 Å². The van der Waals surface area contributed by atoms with Gasteiger partial charge < -0.3 is 43.6 Å². The van der Waals surface area contributed by atoms with Gasteiger partial charge in [0.25, 0.3) is 0 Å². The highest BCUT2D eigenvalue weighted by Gasteiger charge is 2.50. The molecule has 0 spiro atoms. The average Bonchev–Trinajstić information content (AvgIpc) is 3.04. The quantitative estimate of drug-likeness (QED) is 0.270. The summed E-state index contributed by atoms with van der Waals surface area (Å²) in [6.45, 7) is -0.0253. The van der Waals surface area contributed by atoms with Crippen LogP contribution in [0, 0.1) is 0 Å². The molecule has 2 N–H and O–H groups in total. The fourth-order valence-electron chi connectivity index (χ4n) is 4.68. The first-order valence-electron chi connectivity index (χ1n) is 14.0. The smallest absolute Gasteiger partial charge is 0.471 e. The first kappa shape index (κ1) is 34.0. The van der Waals surface area contributed by atoms with Crippen molar-refractivity contribution < 1.29 is 56.2 Å². The number of methoxy groups -OCH3 is 3. The molecule has 45 heavy (non-hydrogen) atoms. The lowest BCUT2D eigenvalue weighted by Crippen LogP contribution is -2.66. The molecule has 4 rings (SSSR count). The van der Waals surface area contributed by atoms with E-state index in [1.165, 1.54) is 14.2 Å². The second kappa shape index (κ2) is 15.9. The zero-order valence-corrected chi connectivity index (χ0v) is 25.0. The molecule has 0 aromatic heterocycles. The van der Waals surface area contributed by atoms with E-state index in [-0.39, 0.29) is 26.4 Å². The molecule has 1 aliphatic heterocycles. The molecule has 0 radical (unpaired) electrons. The van der Waals surface area contributed by atoms with Gasteiger partial charge in [0.15, 0.2) is 6.29 Å². The highest BCUT2D eigenvalue weighted by atomic mass is 19.4. The van der Waals surface area contributed by atoms with Gasteiger partial charge in [0, 0.05) is 0 Å². The highest BCUT2D eigenvalue weighted by Crippen LogP contribution is 2.29. The van der Waals surface area contributed by atoms with E-state index in [0.29, 0.717) is 22.8 Å². The Morgan fingerprint density at radius 3 is 1.58 bits per heavy atom. The Kier molecular flexibility index (Phi) is 12.0. The second-order valence-corrected chi connectivity index (χ2v) is 10.2. The van der Waals surface area contributed by atoms with Crippen LogP contribution in [0.3, 0.4) is 0 Å². The number of amides is 1. The SMILES string of the molecule is COc1ccc(COCC2OC(O)C(NC(=O)C(F)(F)F)[C@@H](OCc3ccc(OC)cc3)[C@@H]2OCc2ccc(OC)cc2)cc1. The van der Waals surface area contributed by atoms with Gasteiger partial charge in [-0.25, -0.2) is 0 Å². The molecule has 13 heteroatoms. The van der Waals surface area contributed by atoms with Gasteiger partial charge >= 0.3 is 12.1 Å². The molecule has 1 heterocycles. The molecule has 3 aromatic carbocycles. The molecule has 5 atom stereocenters. The summed E-state index contributed by atoms with van der Waals surface area (Å²) in [5.41, 5.74) is 2.22. The zero-order valence-electron chi connectivity index (χ0n) is 25.0. The van der Waals surface area contributed by atoms with E-state index >= 15 is 0 Å². The molecule has 3 aromatic rings. The predicted octanol–water partition coefficient (Wildman–Crippen LogP) is 4.16. The molecule has 1 saturated heterocycles. The van der Waals surface area contributed by atoms with Crippen LogP contribution in [0.2, 0.25) is 0 Å². The Hall–Kier alpha value is -3.88. The third-order valence-electron chi connectivity index (χ3n) is 7.13. The van der Waals surface area contributed by atoms with Crippen LogP contribution in [0.1, 0.15) is 16.7 Å². The van der Waals surface area contributed by atoms with E-state index in [9.17, 15) is 23.1 Å². The second-order valence-electron chi connectivity index (χ2n) is 10.2. The summed E-state index contributed by atoms with van der Waals surface area (Å²) in [6.07, 6.45) is -10.4. The van der Waals surface area contributed by atoms with E-state index in [0.717, 1.165) is 11.1 Å². The molecule has 1 amide bonds. The molecule has 3 unspecified atom stereocenters. The third kappa shape index (κ3) is 9.55. The first-order chi connectivity index (χ1) is 21.6. The van der Waals surface area contributed by atoms with E-state index < -0.39 is 42.7 Å². The van der Waals surface area contributed by atoms with Gasteiger partial charge in [-0.3, -0.25) is 4.79 Å². The number of benzene rings is 3. The Labute approximate surface area is 258 Å². The van der Waals surface area contributed by atoms with Gasteiger partial charge in [-0.15, -0.1) is 0 Å². The van der Waals surface area contributed by atoms with E-state index in [4.69, 9.17) is 33.2 Å². The van der Waals surface area contributed by atoms with Crippen LogP contribution < -0.4 is 19.5 Å². The van der Waals surface area contributed by atoms with Crippen molar-refractivity contribution in [2.45, 2.75) is 56.6 Å². The van der Waals surface area contributed by atoms with E-state index in [1.54, 1.807) is 67.8 Å².